The lowest BCUT2D eigenvalue weighted by Crippen LogP contribution is -2.44. The van der Waals surface area contributed by atoms with E-state index in [0.29, 0.717) is 5.75 Å². The fourth-order valence-corrected chi connectivity index (χ4v) is 1.91. The summed E-state index contributed by atoms with van der Waals surface area (Å²) in [5, 5.41) is 8.85. The first-order chi connectivity index (χ1) is 9.08. The molecule has 1 aromatic rings. The Kier molecular flexibility index (Phi) is 4.04. The van der Waals surface area contributed by atoms with Crippen LogP contribution in [-0.4, -0.2) is 40.6 Å². The zero-order valence-corrected chi connectivity index (χ0v) is 10.8. The fourth-order valence-electron chi connectivity index (χ4n) is 1.91. The van der Waals surface area contributed by atoms with Crippen LogP contribution in [0.25, 0.3) is 0 Å². The second-order valence-corrected chi connectivity index (χ2v) is 4.66. The van der Waals surface area contributed by atoms with Crippen LogP contribution in [-0.2, 0) is 9.59 Å². The van der Waals surface area contributed by atoms with Gasteiger partial charge in [-0.3, -0.25) is 9.59 Å². The second kappa shape index (κ2) is 5.73. The molecule has 0 spiro atoms. The molecule has 0 aromatic heterocycles. The molecule has 1 saturated carbocycles. The summed E-state index contributed by atoms with van der Waals surface area (Å²) in [5.74, 6) is -0.657. The molecule has 1 fully saturated rings. The van der Waals surface area contributed by atoms with E-state index in [4.69, 9.17) is 9.84 Å². The highest BCUT2D eigenvalue weighted by Gasteiger charge is 2.36. The molecule has 1 aromatic carbocycles. The molecule has 1 amide bonds. The van der Waals surface area contributed by atoms with Gasteiger partial charge < -0.3 is 14.7 Å². The van der Waals surface area contributed by atoms with Gasteiger partial charge in [0.1, 0.15) is 12.3 Å². The highest BCUT2D eigenvalue weighted by molar-refractivity contribution is 5.85. The summed E-state index contributed by atoms with van der Waals surface area (Å²) >= 11 is 0. The maximum absolute atomic E-state index is 12.2. The maximum Gasteiger partial charge on any atom is 0.323 e. The molecule has 5 nitrogen and oxygen atoms in total. The summed E-state index contributed by atoms with van der Waals surface area (Å²) in [6.45, 7) is 1.39. The molecule has 0 saturated heterocycles. The smallest absolute Gasteiger partial charge is 0.323 e. The Morgan fingerprint density at radius 3 is 2.53 bits per heavy atom. The van der Waals surface area contributed by atoms with Crippen molar-refractivity contribution in [3.05, 3.63) is 30.3 Å². The van der Waals surface area contributed by atoms with Crippen molar-refractivity contribution in [1.82, 2.24) is 4.90 Å². The Morgan fingerprint density at radius 2 is 2.00 bits per heavy atom. The predicted octanol–water partition coefficient (Wildman–Crippen LogP) is 1.53. The van der Waals surface area contributed by atoms with E-state index >= 15 is 0 Å². The quantitative estimate of drug-likeness (QED) is 0.845. The molecule has 0 radical (unpaired) electrons. The highest BCUT2D eigenvalue weighted by atomic mass is 16.5. The number of nitrogens with zero attached hydrogens (tertiary/aromatic N) is 1. The highest BCUT2D eigenvalue weighted by Crippen LogP contribution is 2.27. The van der Waals surface area contributed by atoms with Crippen LogP contribution in [0.15, 0.2) is 30.3 Å². The van der Waals surface area contributed by atoms with Gasteiger partial charge in [-0.1, -0.05) is 18.2 Å². The third-order valence-corrected chi connectivity index (χ3v) is 2.98. The first-order valence-electron chi connectivity index (χ1n) is 6.32. The Bertz CT molecular complexity index is 456. The van der Waals surface area contributed by atoms with Crippen LogP contribution in [0.4, 0.5) is 0 Å². The minimum Gasteiger partial charge on any atom is -0.481 e. The van der Waals surface area contributed by atoms with Crippen molar-refractivity contribution in [1.29, 1.82) is 0 Å². The van der Waals surface area contributed by atoms with Crippen LogP contribution in [0.1, 0.15) is 19.8 Å². The molecule has 2 rings (SSSR count). The van der Waals surface area contributed by atoms with Gasteiger partial charge in [0.25, 0.3) is 5.91 Å². The molecule has 1 atom stereocenters. The Morgan fingerprint density at radius 1 is 1.37 bits per heavy atom. The van der Waals surface area contributed by atoms with Gasteiger partial charge in [-0.25, -0.2) is 0 Å². The van der Waals surface area contributed by atoms with Gasteiger partial charge in [-0.2, -0.15) is 0 Å². The van der Waals surface area contributed by atoms with E-state index in [1.54, 1.807) is 19.1 Å². The van der Waals surface area contributed by atoms with Gasteiger partial charge in [0.05, 0.1) is 0 Å². The number of carbonyl (C=O) groups excluding carboxylic acids is 1. The van der Waals surface area contributed by atoms with E-state index < -0.39 is 12.1 Å². The summed E-state index contributed by atoms with van der Waals surface area (Å²) in [6.07, 6.45) is 1.07. The molecule has 5 heteroatoms. The van der Waals surface area contributed by atoms with Crippen molar-refractivity contribution in [3.63, 3.8) is 0 Å². The van der Waals surface area contributed by atoms with Gasteiger partial charge in [0, 0.05) is 6.04 Å². The maximum atomic E-state index is 12.2. The minimum atomic E-state index is -0.993. The van der Waals surface area contributed by atoms with Crippen molar-refractivity contribution >= 4 is 11.9 Å². The van der Waals surface area contributed by atoms with E-state index in [9.17, 15) is 9.59 Å². The van der Waals surface area contributed by atoms with Gasteiger partial charge in [0.2, 0.25) is 0 Å². The molecule has 1 aliphatic rings. The number of benzene rings is 1. The van der Waals surface area contributed by atoms with Crippen LogP contribution in [0.2, 0.25) is 0 Å². The standard InChI is InChI=1S/C14H17NO4/c1-10(19-12-5-3-2-4-6-12)14(18)15(9-13(16)17)11-7-8-11/h2-6,10-11H,7-9H2,1H3,(H,16,17). The van der Waals surface area contributed by atoms with Crippen LogP contribution in [0, 0.1) is 0 Å². The second-order valence-electron chi connectivity index (χ2n) is 4.66. The van der Waals surface area contributed by atoms with Crippen LogP contribution in [0.5, 0.6) is 5.75 Å². The van der Waals surface area contributed by atoms with Crippen molar-refractivity contribution in [3.8, 4) is 5.75 Å². The lowest BCUT2D eigenvalue weighted by atomic mass is 10.3. The first-order valence-corrected chi connectivity index (χ1v) is 6.32. The van der Waals surface area contributed by atoms with Crippen LogP contribution >= 0.6 is 0 Å². The largest absolute Gasteiger partial charge is 0.481 e. The normalized spacial score (nSPS) is 15.6. The van der Waals surface area contributed by atoms with Crippen LogP contribution < -0.4 is 4.74 Å². The van der Waals surface area contributed by atoms with Crippen molar-refractivity contribution in [2.24, 2.45) is 0 Å². The van der Waals surface area contributed by atoms with Gasteiger partial charge in [0.15, 0.2) is 6.10 Å². The molecule has 102 valence electrons. The number of rotatable bonds is 6. The molecule has 0 aliphatic heterocycles. The van der Waals surface area contributed by atoms with E-state index in [0.717, 1.165) is 12.8 Å². The number of ether oxygens (including phenoxy) is 1. The van der Waals surface area contributed by atoms with E-state index in [-0.39, 0.29) is 18.5 Å². The Hall–Kier alpha value is -2.04. The molecule has 1 N–H and O–H groups in total. The molecule has 1 aliphatic carbocycles. The lowest BCUT2D eigenvalue weighted by Gasteiger charge is -2.24. The summed E-state index contributed by atoms with van der Waals surface area (Å²) in [6, 6.07) is 9.10. The Balaban J connectivity index is 1.98. The molecule has 1 unspecified atom stereocenters. The third kappa shape index (κ3) is 3.71. The van der Waals surface area contributed by atoms with Crippen LogP contribution in [0.3, 0.4) is 0 Å². The minimum absolute atomic E-state index is 0.0606. The monoisotopic (exact) mass is 263 g/mol. The predicted molar refractivity (Wildman–Crippen MR) is 68.9 cm³/mol. The molecule has 0 heterocycles. The summed E-state index contributed by atoms with van der Waals surface area (Å²) < 4.78 is 5.53. The zero-order chi connectivity index (χ0) is 13.8. The molecular formula is C14H17NO4. The summed E-state index contributed by atoms with van der Waals surface area (Å²) in [5.41, 5.74) is 0. The van der Waals surface area contributed by atoms with Crippen molar-refractivity contribution < 1.29 is 19.4 Å². The summed E-state index contributed by atoms with van der Waals surface area (Å²) in [7, 11) is 0. The lowest BCUT2D eigenvalue weighted by molar-refractivity contribution is -0.148. The van der Waals surface area contributed by atoms with E-state index in [1.807, 2.05) is 18.2 Å². The van der Waals surface area contributed by atoms with Gasteiger partial charge in [-0.15, -0.1) is 0 Å². The average molecular weight is 263 g/mol. The number of para-hydroxylation sites is 1. The number of amides is 1. The molecule has 19 heavy (non-hydrogen) atoms. The third-order valence-electron chi connectivity index (χ3n) is 2.98. The zero-order valence-electron chi connectivity index (χ0n) is 10.8. The van der Waals surface area contributed by atoms with Gasteiger partial charge in [-0.05, 0) is 31.9 Å². The number of carboxylic acid groups (broad SMARTS) is 1. The number of carboxylic acids is 1. The number of hydrogen-bond acceptors (Lipinski definition) is 3. The molecular weight excluding hydrogens is 246 g/mol. The topological polar surface area (TPSA) is 66.8 Å². The summed E-state index contributed by atoms with van der Waals surface area (Å²) in [4.78, 5) is 24.4. The number of aliphatic carboxylic acids is 1. The fraction of sp³-hybridized carbons (Fsp3) is 0.429. The number of carbonyl (C=O) groups is 2. The van der Waals surface area contributed by atoms with E-state index in [2.05, 4.69) is 0 Å². The number of hydrogen-bond donors (Lipinski definition) is 1. The Labute approximate surface area is 111 Å². The first kappa shape index (κ1) is 13.4. The van der Waals surface area contributed by atoms with Crippen molar-refractivity contribution in [2.75, 3.05) is 6.54 Å². The van der Waals surface area contributed by atoms with E-state index in [1.165, 1.54) is 4.90 Å². The van der Waals surface area contributed by atoms with Crippen molar-refractivity contribution in [2.45, 2.75) is 31.9 Å². The molecule has 0 bridgehead atoms. The SMILES string of the molecule is CC(Oc1ccccc1)C(=O)N(CC(=O)O)C1CC1. The van der Waals surface area contributed by atoms with Gasteiger partial charge >= 0.3 is 5.97 Å². The average Bonchev–Trinajstić information content (AvgIpc) is 3.20.